The monoisotopic (exact) mass is 443 g/mol. The van der Waals surface area contributed by atoms with Gasteiger partial charge in [0.05, 0.1) is 6.61 Å². The summed E-state index contributed by atoms with van der Waals surface area (Å²) in [5.74, 6) is 0.727. The third-order valence-electron chi connectivity index (χ3n) is 5.76. The van der Waals surface area contributed by atoms with Gasteiger partial charge in [-0.3, -0.25) is 4.79 Å². The first kappa shape index (κ1) is 26.0. The Morgan fingerprint density at radius 1 is 0.844 bits per heavy atom. The molecule has 1 heterocycles. The highest BCUT2D eigenvalue weighted by molar-refractivity contribution is 5.77. The van der Waals surface area contributed by atoms with Gasteiger partial charge in [0.1, 0.15) is 11.3 Å². The molecule has 5 heteroatoms. The van der Waals surface area contributed by atoms with Crippen LogP contribution in [0.25, 0.3) is 11.0 Å². The zero-order valence-electron chi connectivity index (χ0n) is 19.8. The van der Waals surface area contributed by atoms with Gasteiger partial charge >= 0.3 is 5.63 Å². The zero-order chi connectivity index (χ0) is 22.9. The van der Waals surface area contributed by atoms with Crippen molar-refractivity contribution < 1.29 is 13.9 Å². The van der Waals surface area contributed by atoms with Crippen LogP contribution in [-0.4, -0.2) is 19.1 Å². The molecule has 5 nitrogen and oxygen atoms in total. The van der Waals surface area contributed by atoms with Crippen LogP contribution in [0, 0.1) is 0 Å². The summed E-state index contributed by atoms with van der Waals surface area (Å²) in [5.41, 5.74) is 0.134. The van der Waals surface area contributed by atoms with Crippen molar-refractivity contribution in [2.24, 2.45) is 0 Å². The van der Waals surface area contributed by atoms with Crippen LogP contribution in [0.1, 0.15) is 96.8 Å². The second kappa shape index (κ2) is 16.3. The van der Waals surface area contributed by atoms with E-state index in [1.807, 2.05) is 12.1 Å². The van der Waals surface area contributed by atoms with E-state index < -0.39 is 0 Å². The minimum Gasteiger partial charge on any atom is -0.493 e. The first-order valence-electron chi connectivity index (χ1n) is 12.6. The van der Waals surface area contributed by atoms with Crippen molar-refractivity contribution in [3.8, 4) is 5.75 Å². The lowest BCUT2D eigenvalue weighted by molar-refractivity contribution is -0.121. The van der Waals surface area contributed by atoms with Gasteiger partial charge in [0, 0.05) is 30.5 Å². The number of fused-ring (bicyclic) bond motifs is 1. The normalized spacial score (nSPS) is 11.0. The lowest BCUT2D eigenvalue weighted by Gasteiger charge is -2.08. The fraction of sp³-hybridized carbons (Fsp3) is 0.630. The molecule has 0 unspecified atom stereocenters. The van der Waals surface area contributed by atoms with E-state index >= 15 is 0 Å². The zero-order valence-corrected chi connectivity index (χ0v) is 19.8. The van der Waals surface area contributed by atoms with Crippen LogP contribution in [0.15, 0.2) is 39.5 Å². The molecule has 1 N–H and O–H groups in total. The Morgan fingerprint density at radius 2 is 1.47 bits per heavy atom. The van der Waals surface area contributed by atoms with Gasteiger partial charge in [-0.1, -0.05) is 77.6 Å². The molecule has 2 aromatic rings. The molecule has 0 saturated carbocycles. The van der Waals surface area contributed by atoms with Crippen molar-refractivity contribution in [1.82, 2.24) is 5.32 Å². The maximum Gasteiger partial charge on any atom is 0.336 e. The summed E-state index contributed by atoms with van der Waals surface area (Å²) in [5, 5.41) is 3.86. The fourth-order valence-corrected chi connectivity index (χ4v) is 3.84. The molecular formula is C27H41NO4. The number of hydrogen-bond acceptors (Lipinski definition) is 4. The van der Waals surface area contributed by atoms with Gasteiger partial charge in [0.15, 0.2) is 0 Å². The molecule has 2 rings (SSSR count). The van der Waals surface area contributed by atoms with Crippen LogP contribution in [0.5, 0.6) is 5.75 Å². The molecule has 0 atom stereocenters. The van der Waals surface area contributed by atoms with E-state index in [-0.39, 0.29) is 11.5 Å². The van der Waals surface area contributed by atoms with Crippen LogP contribution < -0.4 is 15.7 Å². The van der Waals surface area contributed by atoms with E-state index in [0.717, 1.165) is 18.4 Å². The predicted octanol–water partition coefficient (Wildman–Crippen LogP) is 6.77. The molecule has 0 saturated heterocycles. The Labute approximate surface area is 192 Å². The Kier molecular flexibility index (Phi) is 13.3. The van der Waals surface area contributed by atoms with Crippen molar-refractivity contribution >= 4 is 16.9 Å². The van der Waals surface area contributed by atoms with Gasteiger partial charge in [-0.05, 0) is 31.0 Å². The van der Waals surface area contributed by atoms with Gasteiger partial charge < -0.3 is 14.5 Å². The highest BCUT2D eigenvalue weighted by Gasteiger charge is 2.03. The highest BCUT2D eigenvalue weighted by Crippen LogP contribution is 2.19. The highest BCUT2D eigenvalue weighted by atomic mass is 16.5. The average molecular weight is 444 g/mol. The smallest absolute Gasteiger partial charge is 0.336 e. The van der Waals surface area contributed by atoms with E-state index in [1.54, 1.807) is 12.1 Å². The van der Waals surface area contributed by atoms with E-state index in [0.29, 0.717) is 30.8 Å². The van der Waals surface area contributed by atoms with E-state index in [1.165, 1.54) is 76.7 Å². The molecule has 1 aromatic heterocycles. The van der Waals surface area contributed by atoms with Crippen LogP contribution in [0.4, 0.5) is 0 Å². The first-order valence-corrected chi connectivity index (χ1v) is 12.6. The quantitative estimate of drug-likeness (QED) is 0.204. The molecule has 1 amide bonds. The molecule has 0 fully saturated rings. The summed E-state index contributed by atoms with van der Waals surface area (Å²) in [6, 6.07) is 8.54. The number of benzene rings is 1. The van der Waals surface area contributed by atoms with Crippen molar-refractivity contribution in [2.45, 2.75) is 96.8 Å². The van der Waals surface area contributed by atoms with E-state index in [2.05, 4.69) is 12.2 Å². The van der Waals surface area contributed by atoms with Crippen molar-refractivity contribution in [3.63, 3.8) is 0 Å². The summed E-state index contributed by atoms with van der Waals surface area (Å²) in [6.45, 7) is 3.48. The minimum absolute atomic E-state index is 0.0844. The number of carbonyl (C=O) groups is 1. The standard InChI is InChI=1S/C27H41NO4/c1-2-3-4-5-6-7-8-9-10-11-12-13-20-28-26(29)15-14-21-31-24-18-16-23-17-19-27(30)32-25(23)22-24/h16-19,22H,2-15,20-21H2,1H3,(H,28,29). The van der Waals surface area contributed by atoms with Gasteiger partial charge in [0.2, 0.25) is 5.91 Å². The van der Waals surface area contributed by atoms with Gasteiger partial charge in [0.25, 0.3) is 0 Å². The van der Waals surface area contributed by atoms with Gasteiger partial charge in [-0.25, -0.2) is 4.79 Å². The number of rotatable bonds is 18. The average Bonchev–Trinajstić information content (AvgIpc) is 2.79. The first-order chi connectivity index (χ1) is 15.7. The Balaban J connectivity index is 1.41. The molecular weight excluding hydrogens is 402 g/mol. The van der Waals surface area contributed by atoms with Crippen molar-refractivity contribution in [2.75, 3.05) is 13.2 Å². The minimum atomic E-state index is -0.375. The number of hydrogen-bond donors (Lipinski definition) is 1. The van der Waals surface area contributed by atoms with Crippen LogP contribution in [-0.2, 0) is 4.79 Å². The summed E-state index contributed by atoms with van der Waals surface area (Å²) in [6.07, 6.45) is 17.0. The number of ether oxygens (including phenoxy) is 1. The van der Waals surface area contributed by atoms with E-state index in [4.69, 9.17) is 9.15 Å². The Bertz CT molecular complexity index is 830. The Hall–Kier alpha value is -2.30. The van der Waals surface area contributed by atoms with E-state index in [9.17, 15) is 9.59 Å². The SMILES string of the molecule is CCCCCCCCCCCCCCNC(=O)CCCOc1ccc2ccc(=O)oc2c1. The molecule has 0 aliphatic heterocycles. The maximum absolute atomic E-state index is 12.0. The van der Waals surface area contributed by atoms with Crippen LogP contribution in [0.3, 0.4) is 0 Å². The van der Waals surface area contributed by atoms with Gasteiger partial charge in [-0.15, -0.1) is 0 Å². The number of nitrogens with one attached hydrogen (secondary N) is 1. The third-order valence-corrected chi connectivity index (χ3v) is 5.76. The van der Waals surface area contributed by atoms with Crippen LogP contribution in [0.2, 0.25) is 0 Å². The number of carbonyl (C=O) groups excluding carboxylic acids is 1. The summed E-state index contributed by atoms with van der Waals surface area (Å²) >= 11 is 0. The largest absolute Gasteiger partial charge is 0.493 e. The topological polar surface area (TPSA) is 68.5 Å². The number of amides is 1. The summed E-state index contributed by atoms with van der Waals surface area (Å²) < 4.78 is 10.8. The molecule has 0 aliphatic carbocycles. The second-order valence-corrected chi connectivity index (χ2v) is 8.65. The maximum atomic E-state index is 12.0. The van der Waals surface area contributed by atoms with Gasteiger partial charge in [-0.2, -0.15) is 0 Å². The molecule has 0 spiro atoms. The Morgan fingerprint density at radius 3 is 2.16 bits per heavy atom. The van der Waals surface area contributed by atoms with Crippen molar-refractivity contribution in [1.29, 1.82) is 0 Å². The number of unbranched alkanes of at least 4 members (excludes halogenated alkanes) is 11. The lowest BCUT2D eigenvalue weighted by atomic mass is 10.1. The third kappa shape index (κ3) is 11.4. The molecule has 0 radical (unpaired) electrons. The molecule has 0 aliphatic rings. The molecule has 178 valence electrons. The fourth-order valence-electron chi connectivity index (χ4n) is 3.84. The molecule has 0 bridgehead atoms. The second-order valence-electron chi connectivity index (χ2n) is 8.65. The van der Waals surface area contributed by atoms with Crippen molar-refractivity contribution in [3.05, 3.63) is 40.8 Å². The predicted molar refractivity (Wildman–Crippen MR) is 131 cm³/mol. The lowest BCUT2D eigenvalue weighted by Crippen LogP contribution is -2.24. The summed E-state index contributed by atoms with van der Waals surface area (Å²) in [4.78, 5) is 23.3. The summed E-state index contributed by atoms with van der Waals surface area (Å²) in [7, 11) is 0. The van der Waals surface area contributed by atoms with Crippen LogP contribution >= 0.6 is 0 Å². The molecule has 1 aromatic carbocycles. The molecule has 32 heavy (non-hydrogen) atoms.